The zero-order valence-electron chi connectivity index (χ0n) is 11.1. The van der Waals surface area contributed by atoms with E-state index in [2.05, 4.69) is 4.99 Å². The average molecular weight is 340 g/mol. The Morgan fingerprint density at radius 3 is 2.45 bits per heavy atom. The Morgan fingerprint density at radius 1 is 1.30 bits per heavy atom. The molecule has 0 spiro atoms. The zero-order chi connectivity index (χ0) is 15.3. The summed E-state index contributed by atoms with van der Waals surface area (Å²) in [4.78, 5) is 16.5. The summed E-state index contributed by atoms with van der Waals surface area (Å²) in [6.07, 6.45) is 1.24. The normalized spacial score (nSPS) is 11.5. The summed E-state index contributed by atoms with van der Waals surface area (Å²) in [6.45, 7) is 0. The monoisotopic (exact) mass is 338 g/mol. The number of aliphatic imine (C=N–C) groups is 1. The molecule has 0 saturated carbocycles. The van der Waals surface area contributed by atoms with Crippen LogP contribution in [0.1, 0.15) is 0 Å². The second-order valence-electron chi connectivity index (χ2n) is 3.70. The van der Waals surface area contributed by atoms with E-state index >= 15 is 0 Å². The van der Waals surface area contributed by atoms with Crippen LogP contribution in [0.15, 0.2) is 23.2 Å². The molecule has 110 valence electrons. The van der Waals surface area contributed by atoms with E-state index < -0.39 is 9.70 Å². The predicted octanol–water partition coefficient (Wildman–Crippen LogP) is 3.07. The maximum atomic E-state index is 11.4. The summed E-state index contributed by atoms with van der Waals surface area (Å²) in [7, 11) is 4.75. The summed E-state index contributed by atoms with van der Waals surface area (Å²) in [5, 5.41) is 0. The number of carbonyl (C=O) groups is 1. The van der Waals surface area contributed by atoms with Crippen LogP contribution in [0.5, 0.6) is 11.5 Å². The molecule has 1 aromatic carbocycles. The Balaban J connectivity index is 2.99. The Hall–Kier alpha value is -1.17. The van der Waals surface area contributed by atoms with Gasteiger partial charge in [-0.25, -0.2) is 0 Å². The number of halogens is 3. The first-order chi connectivity index (χ1) is 9.29. The second-order valence-corrected chi connectivity index (χ2v) is 5.98. The van der Waals surface area contributed by atoms with E-state index in [4.69, 9.17) is 44.3 Å². The standard InChI is InChI=1S/C12H13Cl3N2O3/c1-17(7-16-11(18)12(13,14)15)9-6-8(19-2)4-5-10(9)20-3/h4-7H,1-3H3. The van der Waals surface area contributed by atoms with Gasteiger partial charge in [-0.2, -0.15) is 4.99 Å². The van der Waals surface area contributed by atoms with Crippen LogP contribution >= 0.6 is 34.8 Å². The number of anilines is 1. The zero-order valence-corrected chi connectivity index (χ0v) is 13.3. The molecule has 1 aromatic rings. The number of alkyl halides is 3. The van der Waals surface area contributed by atoms with Crippen LogP contribution < -0.4 is 14.4 Å². The van der Waals surface area contributed by atoms with E-state index in [0.29, 0.717) is 17.2 Å². The molecule has 8 heteroatoms. The summed E-state index contributed by atoms with van der Waals surface area (Å²) in [5.74, 6) is 0.339. The number of hydrogen-bond donors (Lipinski definition) is 0. The van der Waals surface area contributed by atoms with Crippen LogP contribution in [0.3, 0.4) is 0 Å². The van der Waals surface area contributed by atoms with Crippen molar-refractivity contribution in [2.75, 3.05) is 26.2 Å². The van der Waals surface area contributed by atoms with Crippen LogP contribution in [0.4, 0.5) is 5.69 Å². The van der Waals surface area contributed by atoms with Gasteiger partial charge in [-0.15, -0.1) is 0 Å². The minimum Gasteiger partial charge on any atom is -0.497 e. The number of methoxy groups -OCH3 is 2. The van der Waals surface area contributed by atoms with Crippen LogP contribution in [-0.2, 0) is 4.79 Å². The first-order valence-electron chi connectivity index (χ1n) is 5.39. The summed E-state index contributed by atoms with van der Waals surface area (Å²) in [5.41, 5.74) is 0.646. The van der Waals surface area contributed by atoms with Crippen molar-refractivity contribution in [1.82, 2.24) is 0 Å². The van der Waals surface area contributed by atoms with Gasteiger partial charge >= 0.3 is 0 Å². The summed E-state index contributed by atoms with van der Waals surface area (Å²) >= 11 is 16.3. The Bertz CT molecular complexity index is 515. The van der Waals surface area contributed by atoms with Crippen molar-refractivity contribution in [1.29, 1.82) is 0 Å². The highest BCUT2D eigenvalue weighted by molar-refractivity contribution is 6.76. The maximum Gasteiger partial charge on any atom is 0.299 e. The molecular weight excluding hydrogens is 327 g/mol. The Labute approximate surface area is 132 Å². The van der Waals surface area contributed by atoms with E-state index in [1.54, 1.807) is 37.3 Å². The van der Waals surface area contributed by atoms with E-state index in [1.807, 2.05) is 0 Å². The van der Waals surface area contributed by atoms with Crippen molar-refractivity contribution < 1.29 is 14.3 Å². The van der Waals surface area contributed by atoms with E-state index in [9.17, 15) is 4.79 Å². The van der Waals surface area contributed by atoms with Crippen molar-refractivity contribution in [3.05, 3.63) is 18.2 Å². The highest BCUT2D eigenvalue weighted by atomic mass is 35.6. The molecule has 0 unspecified atom stereocenters. The molecule has 0 aliphatic carbocycles. The van der Waals surface area contributed by atoms with Gasteiger partial charge in [0.25, 0.3) is 9.70 Å². The first-order valence-corrected chi connectivity index (χ1v) is 6.53. The lowest BCUT2D eigenvalue weighted by atomic mass is 10.2. The van der Waals surface area contributed by atoms with Crippen LogP contribution in [0, 0.1) is 0 Å². The molecular formula is C12H13Cl3N2O3. The van der Waals surface area contributed by atoms with Gasteiger partial charge in [0.2, 0.25) is 0 Å². The van der Waals surface area contributed by atoms with Crippen LogP contribution in [0.25, 0.3) is 0 Å². The number of carbonyl (C=O) groups excluding carboxylic acids is 1. The molecule has 0 saturated heterocycles. The molecule has 0 aliphatic rings. The van der Waals surface area contributed by atoms with Gasteiger partial charge in [0.1, 0.15) is 11.5 Å². The van der Waals surface area contributed by atoms with Gasteiger partial charge in [-0.1, -0.05) is 34.8 Å². The SMILES string of the molecule is COc1ccc(OC)c(N(C)C=NC(=O)C(Cl)(Cl)Cl)c1. The van der Waals surface area contributed by atoms with Gasteiger partial charge in [-0.3, -0.25) is 4.79 Å². The van der Waals surface area contributed by atoms with Crippen molar-refractivity contribution in [3.8, 4) is 11.5 Å². The fourth-order valence-corrected chi connectivity index (χ4v) is 1.49. The molecule has 5 nitrogen and oxygen atoms in total. The van der Waals surface area contributed by atoms with E-state index in [0.717, 1.165) is 0 Å². The highest BCUT2D eigenvalue weighted by Crippen LogP contribution is 2.31. The molecule has 0 fully saturated rings. The topological polar surface area (TPSA) is 51.1 Å². The number of nitrogens with zero attached hydrogens (tertiary/aromatic N) is 2. The average Bonchev–Trinajstić information content (AvgIpc) is 2.42. The lowest BCUT2D eigenvalue weighted by Crippen LogP contribution is -2.21. The molecule has 1 amide bonds. The van der Waals surface area contributed by atoms with E-state index in [1.165, 1.54) is 13.4 Å². The number of amides is 1. The minimum absolute atomic E-state index is 0.584. The first kappa shape index (κ1) is 16.9. The smallest absolute Gasteiger partial charge is 0.299 e. The minimum atomic E-state index is -2.07. The van der Waals surface area contributed by atoms with Gasteiger partial charge in [-0.05, 0) is 12.1 Å². The third kappa shape index (κ3) is 4.44. The number of benzene rings is 1. The molecule has 0 heterocycles. The predicted molar refractivity (Wildman–Crippen MR) is 81.7 cm³/mol. The van der Waals surface area contributed by atoms with E-state index in [-0.39, 0.29) is 0 Å². The van der Waals surface area contributed by atoms with Crippen molar-refractivity contribution in [2.45, 2.75) is 3.79 Å². The molecule has 0 aromatic heterocycles. The summed E-state index contributed by atoms with van der Waals surface area (Å²) in [6, 6.07) is 5.21. The lowest BCUT2D eigenvalue weighted by molar-refractivity contribution is -0.116. The number of rotatable bonds is 4. The van der Waals surface area contributed by atoms with Gasteiger partial charge < -0.3 is 14.4 Å². The number of ether oxygens (including phenoxy) is 2. The Morgan fingerprint density at radius 2 is 1.95 bits per heavy atom. The largest absolute Gasteiger partial charge is 0.497 e. The van der Waals surface area contributed by atoms with Gasteiger partial charge in [0, 0.05) is 13.1 Å². The highest BCUT2D eigenvalue weighted by Gasteiger charge is 2.30. The van der Waals surface area contributed by atoms with Crippen LogP contribution in [-0.4, -0.2) is 37.3 Å². The van der Waals surface area contributed by atoms with Crippen molar-refractivity contribution in [2.24, 2.45) is 4.99 Å². The molecule has 0 atom stereocenters. The molecule has 20 heavy (non-hydrogen) atoms. The molecule has 0 radical (unpaired) electrons. The fourth-order valence-electron chi connectivity index (χ4n) is 1.35. The van der Waals surface area contributed by atoms with Gasteiger partial charge in [0.15, 0.2) is 0 Å². The molecule has 0 N–H and O–H groups in total. The number of hydrogen-bond acceptors (Lipinski definition) is 3. The Kier molecular flexibility index (Phi) is 5.92. The quantitative estimate of drug-likeness (QED) is 0.480. The van der Waals surface area contributed by atoms with Crippen molar-refractivity contribution in [3.63, 3.8) is 0 Å². The molecule has 0 aliphatic heterocycles. The van der Waals surface area contributed by atoms with Crippen LogP contribution in [0.2, 0.25) is 0 Å². The third-order valence-electron chi connectivity index (χ3n) is 2.36. The van der Waals surface area contributed by atoms with Crippen molar-refractivity contribution >= 4 is 52.7 Å². The lowest BCUT2D eigenvalue weighted by Gasteiger charge is -2.18. The molecule has 1 rings (SSSR count). The fraction of sp³-hybridized carbons (Fsp3) is 0.333. The maximum absolute atomic E-state index is 11.4. The molecule has 0 bridgehead atoms. The summed E-state index contributed by atoms with van der Waals surface area (Å²) < 4.78 is 8.27. The van der Waals surface area contributed by atoms with Gasteiger partial charge in [0.05, 0.1) is 26.2 Å². The second kappa shape index (κ2) is 7.02. The third-order valence-corrected chi connectivity index (χ3v) is 2.84.